The van der Waals surface area contributed by atoms with Crippen LogP contribution in [0.5, 0.6) is 5.75 Å². The van der Waals surface area contributed by atoms with Crippen molar-refractivity contribution in [3.63, 3.8) is 0 Å². The van der Waals surface area contributed by atoms with Crippen LogP contribution in [0.2, 0.25) is 0 Å². The molecule has 1 N–H and O–H groups in total. The molecule has 5 rings (SSSR count). The van der Waals surface area contributed by atoms with Gasteiger partial charge in [0.15, 0.2) is 5.82 Å². The second-order valence-electron chi connectivity index (χ2n) is 7.97. The van der Waals surface area contributed by atoms with Crippen molar-refractivity contribution in [3.8, 4) is 5.75 Å². The molecule has 1 spiro atoms. The highest BCUT2D eigenvalue weighted by molar-refractivity contribution is 5.85. The molecule has 142 valence electrons. The Morgan fingerprint density at radius 3 is 3.19 bits per heavy atom. The molecule has 0 saturated heterocycles. The molecule has 1 saturated carbocycles. The van der Waals surface area contributed by atoms with Crippen LogP contribution >= 0.6 is 0 Å². The van der Waals surface area contributed by atoms with Crippen LogP contribution in [-0.2, 0) is 23.2 Å². The Morgan fingerprint density at radius 1 is 1.41 bits per heavy atom. The van der Waals surface area contributed by atoms with Crippen molar-refractivity contribution < 1.29 is 13.9 Å². The van der Waals surface area contributed by atoms with Crippen molar-refractivity contribution in [3.05, 3.63) is 41.2 Å². The molecule has 6 nitrogen and oxygen atoms in total. The maximum absolute atomic E-state index is 13.8. The zero-order chi connectivity index (χ0) is 18.6. The number of carbonyl (C=O) groups is 1. The van der Waals surface area contributed by atoms with Gasteiger partial charge in [-0.2, -0.15) is 0 Å². The molecule has 1 aliphatic carbocycles. The number of benzene rings is 1. The lowest BCUT2D eigenvalue weighted by Crippen LogP contribution is -2.34. The van der Waals surface area contributed by atoms with Crippen LogP contribution < -0.4 is 10.1 Å². The first-order valence-electron chi connectivity index (χ1n) is 9.74. The fourth-order valence-electron chi connectivity index (χ4n) is 4.75. The van der Waals surface area contributed by atoms with Gasteiger partial charge in [-0.1, -0.05) is 0 Å². The molecule has 1 aromatic carbocycles. The number of hydrogen-bond acceptors (Lipinski definition) is 4. The van der Waals surface area contributed by atoms with Gasteiger partial charge in [-0.3, -0.25) is 4.79 Å². The topological polar surface area (TPSA) is 69.0 Å². The van der Waals surface area contributed by atoms with Gasteiger partial charge >= 0.3 is 0 Å². The van der Waals surface area contributed by atoms with Crippen LogP contribution in [0.4, 0.5) is 4.39 Å². The lowest BCUT2D eigenvalue weighted by molar-refractivity contribution is -0.123. The maximum Gasteiger partial charge on any atom is 0.224 e. The summed E-state index contributed by atoms with van der Waals surface area (Å²) in [5.41, 5.74) is 0.547. The quantitative estimate of drug-likeness (QED) is 0.902. The van der Waals surface area contributed by atoms with Gasteiger partial charge < -0.3 is 14.6 Å². The van der Waals surface area contributed by atoms with Crippen LogP contribution in [0, 0.1) is 11.7 Å². The van der Waals surface area contributed by atoms with Gasteiger partial charge in [0.05, 0.1) is 12.6 Å². The number of aryl methyl sites for hydroxylation is 1. The van der Waals surface area contributed by atoms with Gasteiger partial charge in [0, 0.05) is 29.9 Å². The van der Waals surface area contributed by atoms with E-state index >= 15 is 0 Å². The number of aromatic nitrogens is 3. The number of ether oxygens (including phenoxy) is 1. The Labute approximate surface area is 157 Å². The number of hydrogen-bond donors (Lipinski definition) is 1. The fraction of sp³-hybridized carbons (Fsp3) is 0.550. The molecule has 1 aromatic heterocycles. The Balaban J connectivity index is 1.34. The van der Waals surface area contributed by atoms with E-state index in [1.54, 1.807) is 6.07 Å². The van der Waals surface area contributed by atoms with Crippen molar-refractivity contribution in [1.29, 1.82) is 0 Å². The van der Waals surface area contributed by atoms with Crippen LogP contribution in [0.25, 0.3) is 0 Å². The van der Waals surface area contributed by atoms with Gasteiger partial charge in [0.1, 0.15) is 17.4 Å². The number of carbonyl (C=O) groups excluding carboxylic acids is 1. The Bertz CT molecular complexity index is 911. The highest BCUT2D eigenvalue weighted by atomic mass is 19.1. The zero-order valence-corrected chi connectivity index (χ0v) is 15.4. The largest absolute Gasteiger partial charge is 0.493 e. The van der Waals surface area contributed by atoms with Gasteiger partial charge in [-0.15, -0.1) is 10.2 Å². The number of rotatable bonds is 3. The highest BCUT2D eigenvalue weighted by Gasteiger charge is 2.61. The number of fused-ring (bicyclic) bond motifs is 3. The molecule has 0 bridgehead atoms. The summed E-state index contributed by atoms with van der Waals surface area (Å²) in [7, 11) is 0. The SMILES string of the molecule is C[C@H](NC(=O)[C@H]1C[C@@]12CCOc1ccc(F)cc12)c1nnc2n1CCCC2. The molecule has 7 heteroatoms. The van der Waals surface area contributed by atoms with Crippen molar-refractivity contribution in [1.82, 2.24) is 20.1 Å². The first-order valence-corrected chi connectivity index (χ1v) is 9.74. The summed E-state index contributed by atoms with van der Waals surface area (Å²) in [6.07, 6.45) is 4.69. The third kappa shape index (κ3) is 2.63. The minimum Gasteiger partial charge on any atom is -0.493 e. The minimum absolute atomic E-state index is 0.00720. The monoisotopic (exact) mass is 370 g/mol. The molecule has 1 fully saturated rings. The third-order valence-electron chi connectivity index (χ3n) is 6.31. The van der Waals surface area contributed by atoms with Crippen LogP contribution in [-0.4, -0.2) is 27.3 Å². The van der Waals surface area contributed by atoms with Crippen molar-refractivity contribution in [2.45, 2.75) is 57.0 Å². The average molecular weight is 370 g/mol. The van der Waals surface area contributed by atoms with Crippen molar-refractivity contribution >= 4 is 5.91 Å². The van der Waals surface area contributed by atoms with E-state index in [0.717, 1.165) is 55.9 Å². The molecule has 2 aromatic rings. The first-order chi connectivity index (χ1) is 13.1. The van der Waals surface area contributed by atoms with Gasteiger partial charge in [0.2, 0.25) is 5.91 Å². The van der Waals surface area contributed by atoms with Gasteiger partial charge in [0.25, 0.3) is 0 Å². The number of halogens is 1. The highest BCUT2D eigenvalue weighted by Crippen LogP contribution is 2.60. The molecule has 3 heterocycles. The molecule has 1 amide bonds. The average Bonchev–Trinajstić information content (AvgIpc) is 3.21. The Kier molecular flexibility index (Phi) is 3.74. The normalized spacial score (nSPS) is 26.7. The van der Waals surface area contributed by atoms with Crippen molar-refractivity contribution in [2.24, 2.45) is 5.92 Å². The summed E-state index contributed by atoms with van der Waals surface area (Å²) in [4.78, 5) is 12.9. The number of nitrogens with one attached hydrogen (secondary N) is 1. The van der Waals surface area contributed by atoms with Gasteiger partial charge in [-0.25, -0.2) is 4.39 Å². The molecule has 0 unspecified atom stereocenters. The summed E-state index contributed by atoms with van der Waals surface area (Å²) in [5, 5.41) is 11.7. The predicted molar refractivity (Wildman–Crippen MR) is 95.8 cm³/mol. The van der Waals surface area contributed by atoms with Crippen molar-refractivity contribution in [2.75, 3.05) is 6.61 Å². The van der Waals surface area contributed by atoms with E-state index in [1.807, 2.05) is 6.92 Å². The van der Waals surface area contributed by atoms with Crippen LogP contribution in [0.1, 0.15) is 55.9 Å². The van der Waals surface area contributed by atoms with E-state index in [0.29, 0.717) is 12.4 Å². The Hall–Kier alpha value is -2.44. The molecule has 3 aliphatic rings. The van der Waals surface area contributed by atoms with Gasteiger partial charge in [-0.05, 0) is 50.8 Å². The van der Waals surface area contributed by atoms with E-state index in [2.05, 4.69) is 20.1 Å². The lowest BCUT2D eigenvalue weighted by atomic mass is 9.87. The van der Waals surface area contributed by atoms with E-state index in [1.165, 1.54) is 12.1 Å². The fourth-order valence-corrected chi connectivity index (χ4v) is 4.75. The first kappa shape index (κ1) is 16.7. The Morgan fingerprint density at radius 2 is 2.30 bits per heavy atom. The number of amides is 1. The predicted octanol–water partition coefficient (Wildman–Crippen LogP) is 2.67. The summed E-state index contributed by atoms with van der Waals surface area (Å²) < 4.78 is 21.6. The smallest absolute Gasteiger partial charge is 0.224 e. The maximum atomic E-state index is 13.8. The van der Waals surface area contributed by atoms with Crippen LogP contribution in [0.3, 0.4) is 0 Å². The molecule has 27 heavy (non-hydrogen) atoms. The molecule has 0 radical (unpaired) electrons. The second-order valence-corrected chi connectivity index (χ2v) is 7.97. The number of nitrogens with zero attached hydrogens (tertiary/aromatic N) is 3. The summed E-state index contributed by atoms with van der Waals surface area (Å²) in [6, 6.07) is 4.41. The van der Waals surface area contributed by atoms with E-state index in [9.17, 15) is 9.18 Å². The summed E-state index contributed by atoms with van der Waals surface area (Å²) in [5.74, 6) is 2.12. The zero-order valence-electron chi connectivity index (χ0n) is 15.4. The minimum atomic E-state index is -0.288. The lowest BCUT2D eigenvalue weighted by Gasteiger charge is -2.27. The second kappa shape index (κ2) is 6.04. The molecular formula is C20H23FN4O2. The molecule has 2 aliphatic heterocycles. The molecular weight excluding hydrogens is 347 g/mol. The summed E-state index contributed by atoms with van der Waals surface area (Å²) in [6.45, 7) is 3.43. The van der Waals surface area contributed by atoms with E-state index in [4.69, 9.17) is 4.74 Å². The third-order valence-corrected chi connectivity index (χ3v) is 6.31. The standard InChI is InChI=1S/C20H23FN4O2/c1-12(18-24-23-17-4-2-3-8-25(17)18)22-19(26)15-11-20(15)7-9-27-16-6-5-13(21)10-14(16)20/h5-6,10,12,15H,2-4,7-9,11H2,1H3,(H,22,26)/t12-,15+,20+/m0/s1. The van der Waals surface area contributed by atoms with E-state index < -0.39 is 0 Å². The molecule has 3 atom stereocenters. The summed E-state index contributed by atoms with van der Waals surface area (Å²) >= 11 is 0. The van der Waals surface area contributed by atoms with Crippen LogP contribution in [0.15, 0.2) is 18.2 Å². The van der Waals surface area contributed by atoms with E-state index in [-0.39, 0.29) is 29.1 Å².